The molecule has 4 nitrogen and oxygen atoms in total. The standard InChI is InChI=1S/2C10H15.4CO.2CH3Te.2V/c2*1-6-7(2)9(4)10(5)8(6)3;6*1-2;;/h2*1-5H3;;;;;2*1H3;;. The van der Waals surface area contributed by atoms with Gasteiger partial charge >= 0.3 is 99.7 Å². The van der Waals surface area contributed by atoms with E-state index in [9.17, 15) is 0 Å². The second-order valence-corrected chi connectivity index (χ2v) is 6.25. The molecule has 0 aromatic heterocycles. The van der Waals surface area contributed by atoms with Gasteiger partial charge in [0, 0.05) is 37.1 Å². The van der Waals surface area contributed by atoms with Gasteiger partial charge in [-0.3, -0.25) is 0 Å². The number of rotatable bonds is 0. The van der Waals surface area contributed by atoms with Crippen molar-refractivity contribution in [2.45, 2.75) is 79.2 Å². The predicted molar refractivity (Wildman–Crippen MR) is 128 cm³/mol. The van der Waals surface area contributed by atoms with Crippen molar-refractivity contribution in [1.82, 2.24) is 0 Å². The van der Waals surface area contributed by atoms with Gasteiger partial charge in [-0.15, -0.1) is 0 Å². The minimum absolute atomic E-state index is 0. The molecule has 186 valence electrons. The third kappa shape index (κ3) is 20.7. The first-order valence-electron chi connectivity index (χ1n) is 9.13. The van der Waals surface area contributed by atoms with Crippen molar-refractivity contribution >= 4 is 44.6 Å². The molecule has 0 heterocycles. The van der Waals surface area contributed by atoms with Gasteiger partial charge in [-0.1, -0.05) is 69.2 Å². The summed E-state index contributed by atoms with van der Waals surface area (Å²) in [6, 6.07) is 0. The van der Waals surface area contributed by atoms with Gasteiger partial charge in [0.15, 0.2) is 0 Å². The summed E-state index contributed by atoms with van der Waals surface area (Å²) in [5.74, 6) is 14.7. The molecule has 0 saturated heterocycles. The van der Waals surface area contributed by atoms with Crippen LogP contribution in [0.3, 0.4) is 0 Å². The summed E-state index contributed by atoms with van der Waals surface area (Å²) in [6.45, 7) is 40.0. The summed E-state index contributed by atoms with van der Waals surface area (Å²) in [6.07, 6.45) is 0. The molecule has 0 atom stereocenters. The summed E-state index contributed by atoms with van der Waals surface area (Å²) < 4.78 is 30.0. The van der Waals surface area contributed by atoms with Crippen LogP contribution in [0.15, 0.2) is 0 Å². The molecular weight excluding hydrogens is 733 g/mol. The Balaban J connectivity index is -0.0000000442. The average Bonchev–Trinajstić information content (AvgIpc) is 3.16. The fourth-order valence-electron chi connectivity index (χ4n) is 2.81. The van der Waals surface area contributed by atoms with Crippen molar-refractivity contribution in [2.75, 3.05) is 0 Å². The van der Waals surface area contributed by atoms with E-state index in [1.807, 2.05) is 54.5 Å². The third-order valence-electron chi connectivity index (χ3n) is 5.62. The van der Waals surface area contributed by atoms with E-state index in [0.717, 1.165) is 0 Å². The molecule has 34 heavy (non-hydrogen) atoms. The Bertz CT molecular complexity index is 329. The maximum atomic E-state index is 7.50. The Kier molecular flexibility index (Phi) is 64.6. The zero-order chi connectivity index (χ0) is 27.8. The van der Waals surface area contributed by atoms with Crippen molar-refractivity contribution in [2.24, 2.45) is 0 Å². The van der Waals surface area contributed by atoms with Crippen molar-refractivity contribution in [3.05, 3.63) is 85.8 Å². The summed E-state index contributed by atoms with van der Waals surface area (Å²) in [4.78, 5) is 4.02. The van der Waals surface area contributed by atoms with E-state index in [2.05, 4.69) is 95.8 Å². The van der Waals surface area contributed by atoms with Gasteiger partial charge in [-0.2, -0.15) is 0 Å². The molecule has 0 aromatic carbocycles. The minimum atomic E-state index is 0. The first kappa shape index (κ1) is 56.0. The van der Waals surface area contributed by atoms with Gasteiger partial charge < -0.3 is 0 Å². The molecule has 2 rings (SSSR count). The molecule has 14 radical (unpaired) electrons. The van der Waals surface area contributed by atoms with E-state index in [1.54, 1.807) is 0 Å². The van der Waals surface area contributed by atoms with Crippen LogP contribution in [0.2, 0.25) is 9.94 Å². The second-order valence-electron chi connectivity index (χ2n) is 6.25. The summed E-state index contributed by atoms with van der Waals surface area (Å²) in [7, 11) is 0. The molecule has 0 bridgehead atoms. The smallest absolute Gasteiger partial charge is 0 e. The van der Waals surface area contributed by atoms with Crippen molar-refractivity contribution in [1.29, 1.82) is 0 Å². The van der Waals surface area contributed by atoms with E-state index in [-0.39, 0.29) is 37.1 Å². The summed E-state index contributed by atoms with van der Waals surface area (Å²) in [5, 5.41) is 0. The Labute approximate surface area is 262 Å². The molecule has 2 saturated carbocycles. The van der Waals surface area contributed by atoms with Crippen LogP contribution in [0.25, 0.3) is 0 Å². The largest absolute Gasteiger partial charge is 0 e. The molecule has 2 fully saturated rings. The first-order chi connectivity index (χ1) is 15.1. The van der Waals surface area contributed by atoms with Gasteiger partial charge in [-0.05, 0) is 59.2 Å². The SMILES string of the molecule is C[C]1[C](C)[C](C)[C](C)[C]1C.C[C]1[C](C)[C](C)[C](C)[C]1C.C[Te].C[Te].[C-]#[O+].[C-]#[O+].[C-]#[O+].[C-]#[O+].[V].[V]. The van der Waals surface area contributed by atoms with Crippen molar-refractivity contribution in [3.63, 3.8) is 0 Å². The van der Waals surface area contributed by atoms with Crippen LogP contribution in [-0.4, -0.2) is 44.6 Å². The van der Waals surface area contributed by atoms with Gasteiger partial charge in [0.1, 0.15) is 0 Å². The van der Waals surface area contributed by atoms with E-state index >= 15 is 0 Å². The molecule has 0 aromatic rings. The monoisotopic (exact) mass is 774 g/mol. The average molecular weight is 770 g/mol. The third-order valence-corrected chi connectivity index (χ3v) is 5.62. The maximum absolute atomic E-state index is 7.50. The molecule has 2 aliphatic carbocycles. The molecular formula is C26H36O4Te2V2. The quantitative estimate of drug-likeness (QED) is 0.160. The molecule has 0 amide bonds. The Morgan fingerprint density at radius 2 is 0.324 bits per heavy atom. The number of hydrogen-bond donors (Lipinski definition) is 0. The molecule has 8 heteroatoms. The Morgan fingerprint density at radius 1 is 0.294 bits per heavy atom. The first-order valence-corrected chi connectivity index (χ1v) is 13.8. The van der Waals surface area contributed by atoms with Crippen LogP contribution in [-0.2, 0) is 55.7 Å². The van der Waals surface area contributed by atoms with E-state index in [0.29, 0.717) is 0 Å². The number of hydrogen-bond acceptors (Lipinski definition) is 0. The van der Waals surface area contributed by atoms with Crippen LogP contribution >= 0.6 is 0 Å². The summed E-state index contributed by atoms with van der Waals surface area (Å²) in [5.41, 5.74) is 0. The van der Waals surface area contributed by atoms with Crippen LogP contribution in [0, 0.1) is 85.8 Å². The fraction of sp³-hybridized carbons (Fsp3) is 0.462. The molecule has 0 unspecified atom stereocenters. The van der Waals surface area contributed by atoms with Crippen molar-refractivity contribution < 1.29 is 55.7 Å². The molecule has 0 spiro atoms. The van der Waals surface area contributed by atoms with Gasteiger partial charge in [0.05, 0.1) is 0 Å². The molecule has 2 aliphatic rings. The fourth-order valence-corrected chi connectivity index (χ4v) is 2.81. The zero-order valence-corrected chi connectivity index (χ0v) is 29.8. The predicted octanol–water partition coefficient (Wildman–Crippen LogP) is 6.19. The van der Waals surface area contributed by atoms with Gasteiger partial charge in [-0.25, -0.2) is 0 Å². The van der Waals surface area contributed by atoms with E-state index in [1.165, 1.54) is 59.2 Å². The normalized spacial score (nSPS) is 17.4. The van der Waals surface area contributed by atoms with Gasteiger partial charge in [0.25, 0.3) is 0 Å². The minimum Gasteiger partial charge on any atom is 0 e. The zero-order valence-electron chi connectivity index (χ0n) is 22.3. The van der Waals surface area contributed by atoms with Crippen LogP contribution in [0.1, 0.15) is 69.2 Å². The Hall–Kier alpha value is 1.71. The molecule has 0 aliphatic heterocycles. The van der Waals surface area contributed by atoms with Crippen LogP contribution in [0.4, 0.5) is 0 Å². The van der Waals surface area contributed by atoms with Crippen LogP contribution in [0.5, 0.6) is 0 Å². The second kappa shape index (κ2) is 39.2. The van der Waals surface area contributed by atoms with Crippen LogP contribution < -0.4 is 0 Å². The molecule has 0 N–H and O–H groups in total. The summed E-state index contributed by atoms with van der Waals surface area (Å²) >= 11 is 3.90. The Morgan fingerprint density at radius 3 is 0.353 bits per heavy atom. The maximum Gasteiger partial charge on any atom is 0 e. The topological polar surface area (TPSA) is 79.6 Å². The van der Waals surface area contributed by atoms with E-state index in [4.69, 9.17) is 18.6 Å². The van der Waals surface area contributed by atoms with E-state index < -0.39 is 0 Å². The van der Waals surface area contributed by atoms with Gasteiger partial charge in [0.2, 0.25) is 0 Å². The van der Waals surface area contributed by atoms with Crippen molar-refractivity contribution in [3.8, 4) is 0 Å².